The first-order valence-corrected chi connectivity index (χ1v) is 9.70. The van der Waals surface area contributed by atoms with Gasteiger partial charge in [0, 0.05) is 8.95 Å². The van der Waals surface area contributed by atoms with Gasteiger partial charge in [-0.25, -0.2) is 0 Å². The molecule has 0 nitrogen and oxygen atoms in total. The van der Waals surface area contributed by atoms with E-state index >= 15 is 0 Å². The summed E-state index contributed by atoms with van der Waals surface area (Å²) in [7, 11) is 0. The highest BCUT2D eigenvalue weighted by molar-refractivity contribution is 9.11. The van der Waals surface area contributed by atoms with Gasteiger partial charge in [-0.3, -0.25) is 0 Å². The van der Waals surface area contributed by atoms with Crippen LogP contribution in [0, 0.1) is 13.8 Å². The van der Waals surface area contributed by atoms with E-state index in [9.17, 15) is 0 Å². The van der Waals surface area contributed by atoms with Crippen molar-refractivity contribution in [3.8, 4) is 0 Å². The Kier molecular flexibility index (Phi) is 2.34. The molecule has 0 atom stereocenters. The summed E-state index contributed by atoms with van der Waals surface area (Å²) in [6, 6.07) is 13.7. The lowest BCUT2D eigenvalue weighted by atomic mass is 9.94. The number of benzene rings is 5. The van der Waals surface area contributed by atoms with Crippen molar-refractivity contribution < 1.29 is 0 Å². The molecule has 0 saturated carbocycles. The first kappa shape index (κ1) is 13.6. The third-order valence-corrected chi connectivity index (χ3v) is 7.88. The van der Waals surface area contributed by atoms with Crippen LogP contribution in [0.5, 0.6) is 0 Å². The first-order chi connectivity index (χ1) is 11.6. The number of rotatable bonds is 0. The van der Waals surface area contributed by atoms with E-state index in [1.54, 1.807) is 0 Å². The zero-order valence-electron chi connectivity index (χ0n) is 13.2. The van der Waals surface area contributed by atoms with Crippen molar-refractivity contribution >= 4 is 85.7 Å². The van der Waals surface area contributed by atoms with E-state index in [2.05, 4.69) is 82.1 Å². The van der Waals surface area contributed by atoms with Crippen LogP contribution in [0.3, 0.4) is 0 Å². The summed E-state index contributed by atoms with van der Waals surface area (Å²) in [5.74, 6) is 0. The lowest BCUT2D eigenvalue weighted by Gasteiger charge is -2.12. The SMILES string of the molecule is Cc1c(Br)c2ccc3ccc4c(Br)c(C)c5ccc1c1c2c3c4c51. The molecule has 0 aliphatic carbocycles. The molecule has 2 heteroatoms. The van der Waals surface area contributed by atoms with E-state index in [-0.39, 0.29) is 0 Å². The number of hydrogen-bond donors (Lipinski definition) is 0. The van der Waals surface area contributed by atoms with Gasteiger partial charge in [0.1, 0.15) is 0 Å². The molecular weight excluding hydrogens is 424 g/mol. The van der Waals surface area contributed by atoms with Gasteiger partial charge in [-0.1, -0.05) is 36.4 Å². The van der Waals surface area contributed by atoms with Crippen LogP contribution in [0.1, 0.15) is 11.1 Å². The largest absolute Gasteiger partial charge is 0.0537 e. The minimum atomic E-state index is 1.23. The van der Waals surface area contributed by atoms with Crippen LogP contribution >= 0.6 is 31.9 Å². The fraction of sp³-hybridized carbons (Fsp3) is 0.0909. The molecule has 0 amide bonds. The average Bonchev–Trinajstić information content (AvgIpc) is 2.96. The Morgan fingerprint density at radius 3 is 1.33 bits per heavy atom. The van der Waals surface area contributed by atoms with E-state index < -0.39 is 0 Å². The molecule has 0 aliphatic rings. The van der Waals surface area contributed by atoms with Gasteiger partial charge >= 0.3 is 0 Å². The molecule has 0 aromatic heterocycles. The van der Waals surface area contributed by atoms with Gasteiger partial charge in [0.2, 0.25) is 0 Å². The fourth-order valence-corrected chi connectivity index (χ4v) is 5.78. The second-order valence-corrected chi connectivity index (χ2v) is 8.45. The third kappa shape index (κ3) is 1.28. The molecule has 0 bridgehead atoms. The summed E-state index contributed by atoms with van der Waals surface area (Å²) >= 11 is 7.73. The van der Waals surface area contributed by atoms with E-state index in [4.69, 9.17) is 0 Å². The van der Waals surface area contributed by atoms with Crippen molar-refractivity contribution in [2.75, 3.05) is 0 Å². The minimum Gasteiger partial charge on any atom is -0.0537 e. The summed E-state index contributed by atoms with van der Waals surface area (Å²) in [6.45, 7) is 4.45. The molecule has 0 radical (unpaired) electrons. The van der Waals surface area contributed by atoms with Crippen LogP contribution in [0.4, 0.5) is 0 Å². The molecule has 6 rings (SSSR count). The molecular formula is C22H12Br2. The molecule has 0 aliphatic heterocycles. The zero-order chi connectivity index (χ0) is 16.3. The van der Waals surface area contributed by atoms with Crippen molar-refractivity contribution in [1.29, 1.82) is 0 Å². The van der Waals surface area contributed by atoms with Gasteiger partial charge in [0.15, 0.2) is 0 Å². The maximum Gasteiger partial charge on any atom is 0.0289 e. The summed E-state index contributed by atoms with van der Waals surface area (Å²) in [5, 5.41) is 13.9. The Morgan fingerprint density at radius 2 is 0.875 bits per heavy atom. The molecule has 0 spiro atoms. The van der Waals surface area contributed by atoms with Crippen molar-refractivity contribution in [2.45, 2.75) is 13.8 Å². The van der Waals surface area contributed by atoms with Gasteiger partial charge in [0.25, 0.3) is 0 Å². The Labute approximate surface area is 155 Å². The quantitative estimate of drug-likeness (QED) is 0.212. The summed E-state index contributed by atoms with van der Waals surface area (Å²) < 4.78 is 2.46. The summed E-state index contributed by atoms with van der Waals surface area (Å²) in [6.07, 6.45) is 0. The molecule has 6 aromatic rings. The fourth-order valence-electron chi connectivity index (χ4n) is 4.69. The van der Waals surface area contributed by atoms with E-state index in [1.807, 2.05) is 0 Å². The van der Waals surface area contributed by atoms with Gasteiger partial charge in [0.05, 0.1) is 0 Å². The maximum atomic E-state index is 3.86. The number of aryl methyl sites for hydroxylation is 2. The minimum absolute atomic E-state index is 1.23. The van der Waals surface area contributed by atoms with Crippen LogP contribution < -0.4 is 0 Å². The Bertz CT molecular complexity index is 1320. The van der Waals surface area contributed by atoms with E-state index in [1.165, 1.54) is 73.9 Å². The lowest BCUT2D eigenvalue weighted by Crippen LogP contribution is -1.86. The molecule has 0 saturated heterocycles. The predicted molar refractivity (Wildman–Crippen MR) is 112 cm³/mol. The normalized spacial score (nSPS) is 13.0. The van der Waals surface area contributed by atoms with Crippen LogP contribution in [0.2, 0.25) is 0 Å². The monoisotopic (exact) mass is 434 g/mol. The highest BCUT2D eigenvalue weighted by Crippen LogP contribution is 2.52. The van der Waals surface area contributed by atoms with Crippen molar-refractivity contribution in [2.24, 2.45) is 0 Å². The molecule has 6 aromatic carbocycles. The summed E-state index contributed by atoms with van der Waals surface area (Å²) in [5.41, 5.74) is 2.67. The second-order valence-electron chi connectivity index (χ2n) is 6.86. The highest BCUT2D eigenvalue weighted by Gasteiger charge is 2.24. The molecule has 0 unspecified atom stereocenters. The Balaban J connectivity index is 2.22. The molecule has 0 fully saturated rings. The Morgan fingerprint density at radius 1 is 0.500 bits per heavy atom. The second kappa shape index (κ2) is 4.12. The van der Waals surface area contributed by atoms with E-state index in [0.717, 1.165) is 0 Å². The van der Waals surface area contributed by atoms with Gasteiger partial charge in [-0.05, 0) is 111 Å². The van der Waals surface area contributed by atoms with E-state index in [0.29, 0.717) is 0 Å². The third-order valence-electron chi connectivity index (χ3n) is 5.83. The van der Waals surface area contributed by atoms with Crippen molar-refractivity contribution in [3.05, 3.63) is 56.5 Å². The molecule has 24 heavy (non-hydrogen) atoms. The van der Waals surface area contributed by atoms with Gasteiger partial charge in [-0.2, -0.15) is 0 Å². The Hall–Kier alpha value is -1.64. The van der Waals surface area contributed by atoms with Crippen molar-refractivity contribution in [3.63, 3.8) is 0 Å². The molecule has 0 N–H and O–H groups in total. The topological polar surface area (TPSA) is 0 Å². The van der Waals surface area contributed by atoms with Gasteiger partial charge in [-0.15, -0.1) is 0 Å². The zero-order valence-corrected chi connectivity index (χ0v) is 16.4. The first-order valence-electron chi connectivity index (χ1n) is 8.11. The molecule has 0 heterocycles. The smallest absolute Gasteiger partial charge is 0.0289 e. The highest BCUT2D eigenvalue weighted by atomic mass is 79.9. The van der Waals surface area contributed by atoms with Gasteiger partial charge < -0.3 is 0 Å². The summed E-state index contributed by atoms with van der Waals surface area (Å²) in [4.78, 5) is 0. The standard InChI is InChI=1S/C22H12Br2/c1-9-12-7-8-13-10(2)22(24)15-6-4-11-3-5-14(21(9)23)19-16(11)20(15)18(13)17(12)19/h3-8H,1-2H3. The average molecular weight is 436 g/mol. The van der Waals surface area contributed by atoms with Crippen molar-refractivity contribution in [1.82, 2.24) is 0 Å². The number of hydrogen-bond acceptors (Lipinski definition) is 0. The predicted octanol–water partition coefficient (Wildman–Crippen LogP) is 7.91. The van der Waals surface area contributed by atoms with Crippen LogP contribution in [0.25, 0.3) is 53.9 Å². The lowest BCUT2D eigenvalue weighted by molar-refractivity contribution is 1.51. The maximum absolute atomic E-state index is 3.86. The van der Waals surface area contributed by atoms with Crippen LogP contribution in [-0.4, -0.2) is 0 Å². The number of halogens is 2. The van der Waals surface area contributed by atoms with Crippen LogP contribution in [-0.2, 0) is 0 Å². The van der Waals surface area contributed by atoms with Crippen LogP contribution in [0.15, 0.2) is 45.3 Å². The molecule has 114 valence electrons.